The smallest absolute Gasteiger partial charge is 0.315 e. The average molecular weight is 386 g/mol. The number of esters is 1. The van der Waals surface area contributed by atoms with Crippen LogP contribution in [0.2, 0.25) is 0 Å². The number of rotatable bonds is 5. The molecule has 0 aliphatic carbocycles. The van der Waals surface area contributed by atoms with Crippen LogP contribution in [-0.4, -0.2) is 13.1 Å². The van der Waals surface area contributed by atoms with Gasteiger partial charge in [0.05, 0.1) is 24.5 Å². The lowest BCUT2D eigenvalue weighted by molar-refractivity contribution is -0.133. The lowest BCUT2D eigenvalue weighted by Crippen LogP contribution is -2.11. The number of carbonyl (C=O) groups is 1. The topological polar surface area (TPSA) is 65.7 Å². The molecule has 3 aromatic carbocycles. The Morgan fingerprint density at radius 1 is 0.931 bits per heavy atom. The molecule has 0 unspecified atom stereocenters. The average Bonchev–Trinajstić information content (AvgIpc) is 2.74. The van der Waals surface area contributed by atoms with E-state index in [1.54, 1.807) is 31.4 Å². The summed E-state index contributed by atoms with van der Waals surface area (Å²) in [7, 11) is 1.57. The first kappa shape index (κ1) is 18.5. The van der Waals surface area contributed by atoms with Gasteiger partial charge in [0, 0.05) is 6.07 Å². The van der Waals surface area contributed by atoms with Crippen LogP contribution in [0.5, 0.6) is 11.5 Å². The Hall–Kier alpha value is -3.86. The first-order chi connectivity index (χ1) is 14.1. The summed E-state index contributed by atoms with van der Waals surface area (Å²) in [5.74, 6) is 0.582. The maximum Gasteiger partial charge on any atom is 0.315 e. The Kier molecular flexibility index (Phi) is 5.12. The van der Waals surface area contributed by atoms with E-state index in [1.165, 1.54) is 6.26 Å². The molecule has 144 valence electrons. The molecule has 0 amide bonds. The Morgan fingerprint density at radius 2 is 1.76 bits per heavy atom. The molecule has 0 saturated heterocycles. The molecule has 0 aliphatic rings. The number of benzene rings is 3. The minimum Gasteiger partial charge on any atom is -0.497 e. The predicted octanol–water partition coefficient (Wildman–Crippen LogP) is 4.62. The second-order valence-electron chi connectivity index (χ2n) is 6.50. The van der Waals surface area contributed by atoms with Gasteiger partial charge in [0.1, 0.15) is 23.3 Å². The molecule has 0 N–H and O–H groups in total. The van der Waals surface area contributed by atoms with Crippen molar-refractivity contribution in [2.45, 2.75) is 6.42 Å². The lowest BCUT2D eigenvalue weighted by Gasteiger charge is -2.07. The summed E-state index contributed by atoms with van der Waals surface area (Å²) in [4.78, 5) is 25.1. The van der Waals surface area contributed by atoms with Crippen LogP contribution < -0.4 is 14.9 Å². The van der Waals surface area contributed by atoms with Crippen LogP contribution in [0.15, 0.2) is 88.3 Å². The van der Waals surface area contributed by atoms with Crippen molar-refractivity contribution in [3.8, 4) is 22.6 Å². The van der Waals surface area contributed by atoms with E-state index in [0.717, 1.165) is 11.1 Å². The van der Waals surface area contributed by atoms with Crippen LogP contribution in [0, 0.1) is 0 Å². The molecule has 0 spiro atoms. The normalized spacial score (nSPS) is 10.7. The molecule has 0 saturated carbocycles. The van der Waals surface area contributed by atoms with Gasteiger partial charge in [-0.05, 0) is 35.4 Å². The highest BCUT2D eigenvalue weighted by molar-refractivity contribution is 5.83. The molecule has 1 aromatic heterocycles. The van der Waals surface area contributed by atoms with Gasteiger partial charge in [0.25, 0.3) is 0 Å². The van der Waals surface area contributed by atoms with Gasteiger partial charge in [-0.25, -0.2) is 0 Å². The number of fused-ring (bicyclic) bond motifs is 1. The first-order valence-electron chi connectivity index (χ1n) is 9.08. The second-order valence-corrected chi connectivity index (χ2v) is 6.50. The fraction of sp³-hybridized carbons (Fsp3) is 0.0833. The molecular weight excluding hydrogens is 368 g/mol. The Morgan fingerprint density at radius 3 is 2.55 bits per heavy atom. The fourth-order valence-corrected chi connectivity index (χ4v) is 3.11. The van der Waals surface area contributed by atoms with Crippen molar-refractivity contribution in [2.24, 2.45) is 0 Å². The number of ether oxygens (including phenoxy) is 2. The monoisotopic (exact) mass is 386 g/mol. The summed E-state index contributed by atoms with van der Waals surface area (Å²) in [6.45, 7) is 0. The van der Waals surface area contributed by atoms with Gasteiger partial charge in [-0.15, -0.1) is 0 Å². The molecule has 29 heavy (non-hydrogen) atoms. The zero-order valence-electron chi connectivity index (χ0n) is 15.8. The minimum absolute atomic E-state index is 0.103. The van der Waals surface area contributed by atoms with E-state index in [4.69, 9.17) is 13.9 Å². The van der Waals surface area contributed by atoms with Crippen molar-refractivity contribution >= 4 is 16.9 Å². The number of carbonyl (C=O) groups excluding carboxylic acids is 1. The SMILES string of the molecule is COc1cccc(CC(=O)Oc2ccc3c(=O)c(-c4ccccc4)coc3c2)c1. The van der Waals surface area contributed by atoms with Gasteiger partial charge >= 0.3 is 5.97 Å². The second kappa shape index (κ2) is 8.02. The maximum absolute atomic E-state index is 12.8. The van der Waals surface area contributed by atoms with Gasteiger partial charge in [-0.1, -0.05) is 42.5 Å². The van der Waals surface area contributed by atoms with Crippen LogP contribution in [0.3, 0.4) is 0 Å². The molecule has 5 nitrogen and oxygen atoms in total. The van der Waals surface area contributed by atoms with Crippen molar-refractivity contribution in [1.29, 1.82) is 0 Å². The van der Waals surface area contributed by atoms with E-state index in [9.17, 15) is 9.59 Å². The van der Waals surface area contributed by atoms with E-state index >= 15 is 0 Å². The molecule has 0 fully saturated rings. The molecule has 1 heterocycles. The molecular formula is C24H18O5. The molecule has 4 aromatic rings. The van der Waals surface area contributed by atoms with Crippen LogP contribution in [-0.2, 0) is 11.2 Å². The third kappa shape index (κ3) is 4.04. The summed E-state index contributed by atoms with van der Waals surface area (Å²) < 4.78 is 16.2. The van der Waals surface area contributed by atoms with Crippen molar-refractivity contribution in [2.75, 3.05) is 7.11 Å². The van der Waals surface area contributed by atoms with Crippen LogP contribution in [0.25, 0.3) is 22.1 Å². The summed E-state index contributed by atoms with van der Waals surface area (Å²) in [6, 6.07) is 21.3. The van der Waals surface area contributed by atoms with Crippen LogP contribution >= 0.6 is 0 Å². The quantitative estimate of drug-likeness (QED) is 0.370. The number of hydrogen-bond acceptors (Lipinski definition) is 5. The van der Waals surface area contributed by atoms with E-state index in [2.05, 4.69) is 0 Å². The van der Waals surface area contributed by atoms with Crippen molar-refractivity contribution in [3.05, 3.63) is 94.8 Å². The summed E-state index contributed by atoms with van der Waals surface area (Å²) >= 11 is 0. The van der Waals surface area contributed by atoms with Gasteiger partial charge in [-0.3, -0.25) is 9.59 Å². The van der Waals surface area contributed by atoms with E-state index in [1.807, 2.05) is 48.5 Å². The predicted molar refractivity (Wildman–Crippen MR) is 110 cm³/mol. The van der Waals surface area contributed by atoms with Gasteiger partial charge in [-0.2, -0.15) is 0 Å². The molecule has 0 bridgehead atoms. The standard InChI is InChI=1S/C24H18O5/c1-27-18-9-5-6-16(12-18)13-23(25)29-19-10-11-20-22(14-19)28-15-21(24(20)26)17-7-3-2-4-8-17/h2-12,14-15H,13H2,1H3. The van der Waals surface area contributed by atoms with Crippen LogP contribution in [0.1, 0.15) is 5.56 Å². The van der Waals surface area contributed by atoms with E-state index < -0.39 is 5.97 Å². The lowest BCUT2D eigenvalue weighted by atomic mass is 10.1. The number of hydrogen-bond donors (Lipinski definition) is 0. The molecule has 4 rings (SSSR count). The summed E-state index contributed by atoms with van der Waals surface area (Å²) in [6.07, 6.45) is 1.54. The third-order valence-corrected chi connectivity index (χ3v) is 4.55. The van der Waals surface area contributed by atoms with Gasteiger partial charge in [0.15, 0.2) is 5.43 Å². The third-order valence-electron chi connectivity index (χ3n) is 4.55. The molecule has 5 heteroatoms. The zero-order valence-corrected chi connectivity index (χ0v) is 15.8. The Labute approximate surface area is 167 Å². The van der Waals surface area contributed by atoms with Crippen molar-refractivity contribution in [1.82, 2.24) is 0 Å². The summed E-state index contributed by atoms with van der Waals surface area (Å²) in [5.41, 5.74) is 2.29. The fourth-order valence-electron chi connectivity index (χ4n) is 3.11. The molecule has 0 radical (unpaired) electrons. The minimum atomic E-state index is -0.416. The Balaban J connectivity index is 1.56. The molecule has 0 atom stereocenters. The Bertz CT molecular complexity index is 1220. The van der Waals surface area contributed by atoms with E-state index in [0.29, 0.717) is 28.0 Å². The zero-order chi connectivity index (χ0) is 20.2. The van der Waals surface area contributed by atoms with Crippen molar-refractivity contribution in [3.63, 3.8) is 0 Å². The highest BCUT2D eigenvalue weighted by atomic mass is 16.5. The highest BCUT2D eigenvalue weighted by Crippen LogP contribution is 2.23. The van der Waals surface area contributed by atoms with Gasteiger partial charge < -0.3 is 13.9 Å². The highest BCUT2D eigenvalue weighted by Gasteiger charge is 2.12. The largest absolute Gasteiger partial charge is 0.497 e. The van der Waals surface area contributed by atoms with Crippen LogP contribution in [0.4, 0.5) is 0 Å². The first-order valence-corrected chi connectivity index (χ1v) is 9.08. The summed E-state index contributed by atoms with van der Waals surface area (Å²) in [5, 5.41) is 0.430. The maximum atomic E-state index is 12.8. The molecule has 0 aliphatic heterocycles. The van der Waals surface area contributed by atoms with Gasteiger partial charge in [0.2, 0.25) is 0 Å². The number of methoxy groups -OCH3 is 1. The van der Waals surface area contributed by atoms with Crippen molar-refractivity contribution < 1.29 is 18.7 Å². The van der Waals surface area contributed by atoms with E-state index in [-0.39, 0.29) is 11.8 Å².